The standard InChI is InChI=1S/C32H42O14/c1-17(2)12-25(36)46-30-26-22(10-11-32(26,40)16-44-18(3)33)20(13-42-30)14-43-31-29(39)28(38)27(37)23(45-31)15-41-24(35)9-6-19-4-7-21(34)8-5-19/h4-9,13,17,22-23,26-31,34,37-40H,10-12,14-16H2,1-3H3/b9-6+/t22-,23-,26-,27-,28+,29-,30+,31-,32+/m1/s1. The van der Waals surface area contributed by atoms with Gasteiger partial charge in [-0.25, -0.2) is 4.79 Å². The Balaban J connectivity index is 1.40. The molecule has 1 aromatic carbocycles. The second-order valence-electron chi connectivity index (χ2n) is 12.2. The molecular weight excluding hydrogens is 608 g/mol. The maximum absolute atomic E-state index is 12.5. The number of hydrogen-bond donors (Lipinski definition) is 5. The van der Waals surface area contributed by atoms with E-state index in [0.717, 1.165) is 6.08 Å². The molecular formula is C32H42O14. The number of aliphatic hydroxyl groups excluding tert-OH is 3. The smallest absolute Gasteiger partial charge is 0.330 e. The molecule has 4 rings (SSSR count). The summed E-state index contributed by atoms with van der Waals surface area (Å²) < 4.78 is 33.1. The van der Waals surface area contributed by atoms with Crippen LogP contribution < -0.4 is 0 Å². The normalized spacial score (nSPS) is 32.4. The summed E-state index contributed by atoms with van der Waals surface area (Å²) in [6.45, 7) is 3.93. The molecule has 2 aliphatic heterocycles. The monoisotopic (exact) mass is 650 g/mol. The topological polar surface area (TPSA) is 208 Å². The molecule has 3 aliphatic rings. The van der Waals surface area contributed by atoms with E-state index in [9.17, 15) is 39.9 Å². The Morgan fingerprint density at radius 3 is 2.43 bits per heavy atom. The van der Waals surface area contributed by atoms with E-state index in [-0.39, 0.29) is 37.7 Å². The number of benzene rings is 1. The van der Waals surface area contributed by atoms with Crippen LogP contribution in [0.3, 0.4) is 0 Å². The molecule has 1 aromatic rings. The fraction of sp³-hybridized carbons (Fsp3) is 0.594. The average molecular weight is 651 g/mol. The Bertz CT molecular complexity index is 1280. The highest BCUT2D eigenvalue weighted by molar-refractivity contribution is 5.87. The van der Waals surface area contributed by atoms with Gasteiger partial charge in [0.2, 0.25) is 6.29 Å². The maximum Gasteiger partial charge on any atom is 0.330 e. The minimum absolute atomic E-state index is 0.0278. The van der Waals surface area contributed by atoms with Crippen LogP contribution in [0.25, 0.3) is 6.08 Å². The molecule has 14 heteroatoms. The molecule has 0 spiro atoms. The fourth-order valence-electron chi connectivity index (χ4n) is 5.79. The maximum atomic E-state index is 12.5. The van der Waals surface area contributed by atoms with Gasteiger partial charge in [-0.3, -0.25) is 9.59 Å². The minimum Gasteiger partial charge on any atom is -0.508 e. The average Bonchev–Trinajstić information content (AvgIpc) is 3.36. The van der Waals surface area contributed by atoms with Crippen LogP contribution in [0.2, 0.25) is 0 Å². The van der Waals surface area contributed by atoms with Crippen molar-refractivity contribution in [2.75, 3.05) is 19.8 Å². The number of rotatable bonds is 12. The highest BCUT2D eigenvalue weighted by atomic mass is 16.7. The van der Waals surface area contributed by atoms with Gasteiger partial charge in [-0.1, -0.05) is 26.0 Å². The molecule has 0 amide bonds. The van der Waals surface area contributed by atoms with Crippen molar-refractivity contribution in [2.45, 2.75) is 82.6 Å². The van der Waals surface area contributed by atoms with Crippen LogP contribution in [-0.4, -0.2) is 106 Å². The highest BCUT2D eigenvalue weighted by Crippen LogP contribution is 2.49. The van der Waals surface area contributed by atoms with Crippen LogP contribution >= 0.6 is 0 Å². The van der Waals surface area contributed by atoms with Crippen molar-refractivity contribution in [1.29, 1.82) is 0 Å². The summed E-state index contributed by atoms with van der Waals surface area (Å²) in [5.41, 5.74) is -0.407. The molecule has 254 valence electrons. The van der Waals surface area contributed by atoms with E-state index >= 15 is 0 Å². The summed E-state index contributed by atoms with van der Waals surface area (Å²) in [7, 11) is 0. The molecule has 5 N–H and O–H groups in total. The number of carbonyl (C=O) groups excluding carboxylic acids is 3. The summed E-state index contributed by atoms with van der Waals surface area (Å²) in [6.07, 6.45) is -4.09. The first-order valence-electron chi connectivity index (χ1n) is 15.1. The van der Waals surface area contributed by atoms with Crippen molar-refractivity contribution in [3.8, 4) is 5.75 Å². The molecule has 46 heavy (non-hydrogen) atoms. The molecule has 0 bridgehead atoms. The fourth-order valence-corrected chi connectivity index (χ4v) is 5.79. The van der Waals surface area contributed by atoms with Crippen molar-refractivity contribution in [3.05, 3.63) is 47.7 Å². The molecule has 1 aliphatic carbocycles. The van der Waals surface area contributed by atoms with E-state index in [4.69, 9.17) is 28.4 Å². The van der Waals surface area contributed by atoms with Gasteiger partial charge >= 0.3 is 17.9 Å². The lowest BCUT2D eigenvalue weighted by atomic mass is 9.81. The first kappa shape index (κ1) is 35.3. The van der Waals surface area contributed by atoms with Crippen LogP contribution in [0.4, 0.5) is 0 Å². The van der Waals surface area contributed by atoms with Gasteiger partial charge < -0.3 is 54.0 Å². The third kappa shape index (κ3) is 8.84. The lowest BCUT2D eigenvalue weighted by Crippen LogP contribution is -2.59. The van der Waals surface area contributed by atoms with Crippen LogP contribution in [0, 0.1) is 17.8 Å². The summed E-state index contributed by atoms with van der Waals surface area (Å²) >= 11 is 0. The van der Waals surface area contributed by atoms with Gasteiger partial charge in [-0.2, -0.15) is 0 Å². The second kappa shape index (κ2) is 15.4. The van der Waals surface area contributed by atoms with Gasteiger partial charge in [-0.15, -0.1) is 0 Å². The Morgan fingerprint density at radius 2 is 1.76 bits per heavy atom. The van der Waals surface area contributed by atoms with Gasteiger partial charge in [0.1, 0.15) is 49.0 Å². The number of phenols is 1. The van der Waals surface area contributed by atoms with Crippen molar-refractivity contribution in [3.63, 3.8) is 0 Å². The zero-order valence-electron chi connectivity index (χ0n) is 25.9. The summed E-state index contributed by atoms with van der Waals surface area (Å²) in [6, 6.07) is 6.09. The number of phenolic OH excluding ortho intramolecular Hbond substituents is 1. The largest absolute Gasteiger partial charge is 0.508 e. The zero-order chi connectivity index (χ0) is 33.6. The van der Waals surface area contributed by atoms with Crippen molar-refractivity contribution >= 4 is 24.0 Å². The SMILES string of the molecule is CC(=O)OC[C@@]1(O)CC[C@@H]2C(CO[C@@H]3O[C@H](COC(=O)/C=C/c4ccc(O)cc4)[C@@H](O)[C@H](O)[C@H]3O)=CO[C@@H](OC(=O)CC(C)C)[C@@H]21. The molecule has 1 saturated carbocycles. The second-order valence-corrected chi connectivity index (χ2v) is 12.2. The molecule has 0 aromatic heterocycles. The third-order valence-corrected chi connectivity index (χ3v) is 8.19. The molecule has 0 unspecified atom stereocenters. The van der Waals surface area contributed by atoms with E-state index < -0.39 is 78.9 Å². The van der Waals surface area contributed by atoms with E-state index in [0.29, 0.717) is 17.6 Å². The van der Waals surface area contributed by atoms with Gasteiger partial charge in [0.15, 0.2) is 6.29 Å². The van der Waals surface area contributed by atoms with E-state index in [1.165, 1.54) is 31.4 Å². The van der Waals surface area contributed by atoms with Crippen LogP contribution in [0.1, 0.15) is 45.6 Å². The summed E-state index contributed by atoms with van der Waals surface area (Å²) in [5.74, 6) is -2.99. The van der Waals surface area contributed by atoms with E-state index in [1.807, 2.05) is 13.8 Å². The highest BCUT2D eigenvalue weighted by Gasteiger charge is 2.57. The minimum atomic E-state index is -1.69. The lowest BCUT2D eigenvalue weighted by molar-refractivity contribution is -0.300. The van der Waals surface area contributed by atoms with Crippen molar-refractivity contribution < 1.29 is 68.3 Å². The number of aromatic hydroxyl groups is 1. The lowest BCUT2D eigenvalue weighted by Gasteiger charge is -2.41. The number of hydrogen-bond acceptors (Lipinski definition) is 14. The predicted octanol–water partition coefficient (Wildman–Crippen LogP) is 0.923. The predicted molar refractivity (Wildman–Crippen MR) is 157 cm³/mol. The van der Waals surface area contributed by atoms with Crippen LogP contribution in [0.15, 0.2) is 42.2 Å². The summed E-state index contributed by atoms with van der Waals surface area (Å²) in [4.78, 5) is 36.2. The van der Waals surface area contributed by atoms with Gasteiger partial charge in [0.05, 0.1) is 18.8 Å². The molecule has 14 nitrogen and oxygen atoms in total. The van der Waals surface area contributed by atoms with Crippen LogP contribution in [0.5, 0.6) is 5.75 Å². The number of fused-ring (bicyclic) bond motifs is 1. The molecule has 2 heterocycles. The van der Waals surface area contributed by atoms with Gasteiger partial charge in [0.25, 0.3) is 0 Å². The third-order valence-electron chi connectivity index (χ3n) is 8.19. The number of carbonyl (C=O) groups is 3. The van der Waals surface area contributed by atoms with E-state index in [1.54, 1.807) is 12.1 Å². The Hall–Kier alpha value is -3.53. The molecule has 2 fully saturated rings. The number of ether oxygens (including phenoxy) is 6. The van der Waals surface area contributed by atoms with E-state index in [2.05, 4.69) is 0 Å². The van der Waals surface area contributed by atoms with Crippen LogP contribution in [-0.2, 0) is 42.8 Å². The molecule has 9 atom stereocenters. The molecule has 1 saturated heterocycles. The van der Waals surface area contributed by atoms with Gasteiger partial charge in [0, 0.05) is 19.4 Å². The number of aliphatic hydroxyl groups is 4. The van der Waals surface area contributed by atoms with Crippen molar-refractivity contribution in [2.24, 2.45) is 17.8 Å². The Kier molecular flexibility index (Phi) is 11.8. The zero-order valence-corrected chi connectivity index (χ0v) is 25.9. The first-order chi connectivity index (χ1) is 21.8. The Labute approximate surface area is 266 Å². The summed E-state index contributed by atoms with van der Waals surface area (Å²) in [5, 5.41) is 52.4. The Morgan fingerprint density at radius 1 is 1.04 bits per heavy atom. The molecule has 0 radical (unpaired) electrons. The quantitative estimate of drug-likeness (QED) is 0.121. The first-order valence-corrected chi connectivity index (χ1v) is 15.1. The van der Waals surface area contributed by atoms with Crippen molar-refractivity contribution in [1.82, 2.24) is 0 Å². The van der Waals surface area contributed by atoms with Gasteiger partial charge in [-0.05, 0) is 54.0 Å². The number of esters is 3.